The van der Waals surface area contributed by atoms with Gasteiger partial charge in [0.1, 0.15) is 5.82 Å². The van der Waals surface area contributed by atoms with Crippen molar-refractivity contribution >= 4 is 0 Å². The van der Waals surface area contributed by atoms with Crippen LogP contribution in [0.1, 0.15) is 60.8 Å². The van der Waals surface area contributed by atoms with E-state index in [1.54, 1.807) is 5.56 Å². The third kappa shape index (κ3) is 1.64. The average Bonchev–Trinajstić information content (AvgIpc) is 2.96. The number of rotatable bonds is 2. The number of fused-ring (bicyclic) bond motifs is 3. The molecule has 2 aliphatic carbocycles. The highest BCUT2D eigenvalue weighted by atomic mass is 15.2. The molecule has 98 valence electrons. The van der Waals surface area contributed by atoms with Crippen LogP contribution in [0.2, 0.25) is 0 Å². The Balaban J connectivity index is 1.66. The highest BCUT2D eigenvalue weighted by molar-refractivity contribution is 5.43. The number of hydrogen-bond acceptors (Lipinski definition) is 2. The zero-order valence-corrected chi connectivity index (χ0v) is 11.4. The standard InChI is InChI=1S/C16H19N3/c1-9(2)15-17-16(19-18-15)14-12-8-7-10-5-3-4-6-11(10)13(12)14/h3-6,9,12-14H,7-8H2,1-2H3,(H,17,18,19). The van der Waals surface area contributed by atoms with E-state index in [1.165, 1.54) is 18.4 Å². The van der Waals surface area contributed by atoms with Crippen LogP contribution in [0.5, 0.6) is 0 Å². The first-order chi connectivity index (χ1) is 9.25. The summed E-state index contributed by atoms with van der Waals surface area (Å²) < 4.78 is 0. The zero-order chi connectivity index (χ0) is 13.0. The number of hydrogen-bond donors (Lipinski definition) is 1. The fourth-order valence-corrected chi connectivity index (χ4v) is 3.63. The van der Waals surface area contributed by atoms with Crippen molar-refractivity contribution in [3.05, 3.63) is 47.0 Å². The molecule has 1 heterocycles. The van der Waals surface area contributed by atoms with Gasteiger partial charge in [0, 0.05) is 11.8 Å². The summed E-state index contributed by atoms with van der Waals surface area (Å²) in [4.78, 5) is 4.70. The van der Waals surface area contributed by atoms with Crippen LogP contribution in [-0.2, 0) is 6.42 Å². The number of aromatic nitrogens is 3. The fraction of sp³-hybridized carbons (Fsp3) is 0.500. The predicted molar refractivity (Wildman–Crippen MR) is 74.2 cm³/mol. The maximum absolute atomic E-state index is 4.70. The van der Waals surface area contributed by atoms with Crippen molar-refractivity contribution in [3.63, 3.8) is 0 Å². The van der Waals surface area contributed by atoms with Crippen molar-refractivity contribution in [2.75, 3.05) is 0 Å². The van der Waals surface area contributed by atoms with Gasteiger partial charge in [0.2, 0.25) is 0 Å². The van der Waals surface area contributed by atoms with Crippen LogP contribution in [-0.4, -0.2) is 15.2 Å². The second-order valence-corrected chi connectivity index (χ2v) is 6.19. The Hall–Kier alpha value is -1.64. The highest BCUT2D eigenvalue weighted by Crippen LogP contribution is 2.64. The minimum Gasteiger partial charge on any atom is -0.263 e. The van der Waals surface area contributed by atoms with Gasteiger partial charge in [-0.1, -0.05) is 38.1 Å². The lowest BCUT2D eigenvalue weighted by Crippen LogP contribution is -2.00. The third-order valence-electron chi connectivity index (χ3n) is 4.68. The van der Waals surface area contributed by atoms with Crippen LogP contribution >= 0.6 is 0 Å². The van der Waals surface area contributed by atoms with E-state index in [-0.39, 0.29) is 0 Å². The van der Waals surface area contributed by atoms with E-state index in [9.17, 15) is 0 Å². The summed E-state index contributed by atoms with van der Waals surface area (Å²) in [5.41, 5.74) is 3.08. The Morgan fingerprint density at radius 2 is 2.05 bits per heavy atom. The molecule has 3 atom stereocenters. The van der Waals surface area contributed by atoms with Crippen LogP contribution in [0.15, 0.2) is 24.3 Å². The number of aryl methyl sites for hydroxylation is 1. The van der Waals surface area contributed by atoms with Crippen molar-refractivity contribution in [2.24, 2.45) is 5.92 Å². The number of nitrogens with one attached hydrogen (secondary N) is 1. The van der Waals surface area contributed by atoms with Crippen molar-refractivity contribution in [3.8, 4) is 0 Å². The van der Waals surface area contributed by atoms with Gasteiger partial charge in [-0.05, 0) is 35.8 Å². The Kier molecular flexibility index (Phi) is 2.32. The molecule has 0 spiro atoms. The minimum absolute atomic E-state index is 0.401. The highest BCUT2D eigenvalue weighted by Gasteiger charge is 2.55. The molecule has 1 aromatic heterocycles. The molecule has 2 aliphatic rings. The van der Waals surface area contributed by atoms with Gasteiger partial charge in [0.05, 0.1) is 0 Å². The second kappa shape index (κ2) is 3.92. The van der Waals surface area contributed by atoms with Crippen molar-refractivity contribution < 1.29 is 0 Å². The van der Waals surface area contributed by atoms with Crippen LogP contribution in [0.3, 0.4) is 0 Å². The molecule has 0 amide bonds. The molecule has 3 unspecified atom stereocenters. The lowest BCUT2D eigenvalue weighted by molar-refractivity contribution is 0.654. The summed E-state index contributed by atoms with van der Waals surface area (Å²) in [6.45, 7) is 4.28. The number of aromatic amines is 1. The first kappa shape index (κ1) is 11.2. The molecule has 1 N–H and O–H groups in total. The van der Waals surface area contributed by atoms with Gasteiger partial charge in [-0.2, -0.15) is 5.10 Å². The van der Waals surface area contributed by atoms with E-state index in [0.717, 1.165) is 17.6 Å². The minimum atomic E-state index is 0.401. The van der Waals surface area contributed by atoms with Crippen molar-refractivity contribution in [1.82, 2.24) is 15.2 Å². The topological polar surface area (TPSA) is 41.6 Å². The van der Waals surface area contributed by atoms with E-state index in [0.29, 0.717) is 17.8 Å². The Bertz CT molecular complexity index is 614. The van der Waals surface area contributed by atoms with Gasteiger partial charge in [0.25, 0.3) is 0 Å². The number of benzene rings is 1. The zero-order valence-electron chi connectivity index (χ0n) is 11.4. The molecular weight excluding hydrogens is 234 g/mol. The number of H-pyrrole nitrogens is 1. The van der Waals surface area contributed by atoms with Crippen LogP contribution in [0.4, 0.5) is 0 Å². The van der Waals surface area contributed by atoms with Crippen molar-refractivity contribution in [2.45, 2.75) is 44.4 Å². The molecule has 3 heteroatoms. The van der Waals surface area contributed by atoms with Crippen LogP contribution in [0, 0.1) is 5.92 Å². The van der Waals surface area contributed by atoms with E-state index in [2.05, 4.69) is 48.3 Å². The molecule has 1 saturated carbocycles. The molecule has 1 aromatic carbocycles. The molecular formula is C16H19N3. The summed E-state index contributed by atoms with van der Waals surface area (Å²) >= 11 is 0. The van der Waals surface area contributed by atoms with E-state index in [4.69, 9.17) is 4.98 Å². The van der Waals surface area contributed by atoms with Gasteiger partial charge in [0.15, 0.2) is 5.82 Å². The molecule has 0 aliphatic heterocycles. The Morgan fingerprint density at radius 3 is 2.84 bits per heavy atom. The van der Waals surface area contributed by atoms with Crippen LogP contribution < -0.4 is 0 Å². The number of nitrogens with zero attached hydrogens (tertiary/aromatic N) is 2. The normalized spacial score (nSPS) is 28.1. The quantitative estimate of drug-likeness (QED) is 0.891. The van der Waals surface area contributed by atoms with Gasteiger partial charge in [-0.15, -0.1) is 0 Å². The molecule has 0 bridgehead atoms. The van der Waals surface area contributed by atoms with E-state index < -0.39 is 0 Å². The maximum atomic E-state index is 4.70. The largest absolute Gasteiger partial charge is 0.263 e. The Morgan fingerprint density at radius 1 is 1.21 bits per heavy atom. The lowest BCUT2D eigenvalue weighted by atomic mass is 9.92. The van der Waals surface area contributed by atoms with Gasteiger partial charge in [-0.3, -0.25) is 5.10 Å². The summed E-state index contributed by atoms with van der Waals surface area (Å²) in [5, 5.41) is 7.53. The summed E-state index contributed by atoms with van der Waals surface area (Å²) in [5.74, 6) is 4.49. The summed E-state index contributed by atoms with van der Waals surface area (Å²) in [6, 6.07) is 8.89. The summed E-state index contributed by atoms with van der Waals surface area (Å²) in [6.07, 6.45) is 2.52. The lowest BCUT2D eigenvalue weighted by Gasteiger charge is -2.13. The SMILES string of the molecule is CC(C)c1n[nH]c(C2C3CCc4ccccc4C32)n1. The molecule has 4 rings (SSSR count). The van der Waals surface area contributed by atoms with Crippen molar-refractivity contribution in [1.29, 1.82) is 0 Å². The third-order valence-corrected chi connectivity index (χ3v) is 4.68. The first-order valence-corrected chi connectivity index (χ1v) is 7.25. The fourth-order valence-electron chi connectivity index (χ4n) is 3.63. The van der Waals surface area contributed by atoms with Crippen LogP contribution in [0.25, 0.3) is 0 Å². The molecule has 3 nitrogen and oxygen atoms in total. The first-order valence-electron chi connectivity index (χ1n) is 7.25. The van der Waals surface area contributed by atoms with E-state index in [1.807, 2.05) is 0 Å². The smallest absolute Gasteiger partial charge is 0.153 e. The molecule has 2 aromatic rings. The van der Waals surface area contributed by atoms with Gasteiger partial charge < -0.3 is 0 Å². The maximum Gasteiger partial charge on any atom is 0.153 e. The Labute approximate surface area is 113 Å². The molecule has 0 saturated heterocycles. The molecule has 19 heavy (non-hydrogen) atoms. The molecule has 1 fully saturated rings. The second-order valence-electron chi connectivity index (χ2n) is 6.19. The monoisotopic (exact) mass is 253 g/mol. The molecule has 0 radical (unpaired) electrons. The van der Waals surface area contributed by atoms with Gasteiger partial charge in [-0.25, -0.2) is 4.98 Å². The van der Waals surface area contributed by atoms with E-state index >= 15 is 0 Å². The van der Waals surface area contributed by atoms with Gasteiger partial charge >= 0.3 is 0 Å². The predicted octanol–water partition coefficient (Wildman–Crippen LogP) is 3.37. The average molecular weight is 253 g/mol. The summed E-state index contributed by atoms with van der Waals surface area (Å²) in [7, 11) is 0.